The third-order valence-electron chi connectivity index (χ3n) is 4.78. The zero-order valence-corrected chi connectivity index (χ0v) is 14.6. The number of amides is 1. The summed E-state index contributed by atoms with van der Waals surface area (Å²) in [6, 6.07) is 7.82. The van der Waals surface area contributed by atoms with Gasteiger partial charge < -0.3 is 10.1 Å². The number of fused-ring (bicyclic) bond motifs is 1. The van der Waals surface area contributed by atoms with E-state index in [1.54, 1.807) is 12.4 Å². The fourth-order valence-electron chi connectivity index (χ4n) is 3.16. The second-order valence-corrected chi connectivity index (χ2v) is 6.43. The SMILES string of the molecule is CC(C(=O)Nc1cc2cc(-c3cn[nH]c3)ccc2cn1)N1CCOCC1. The summed E-state index contributed by atoms with van der Waals surface area (Å²) in [7, 11) is 0. The molecule has 1 aliphatic heterocycles. The lowest BCUT2D eigenvalue weighted by molar-refractivity contribution is -0.122. The van der Waals surface area contributed by atoms with Gasteiger partial charge in [0.05, 0.1) is 25.5 Å². The minimum atomic E-state index is -0.214. The number of pyridine rings is 1. The maximum absolute atomic E-state index is 12.6. The molecule has 1 amide bonds. The van der Waals surface area contributed by atoms with Crippen molar-refractivity contribution in [1.82, 2.24) is 20.1 Å². The smallest absolute Gasteiger partial charge is 0.242 e. The molecule has 0 spiro atoms. The van der Waals surface area contributed by atoms with Crippen LogP contribution in [-0.2, 0) is 9.53 Å². The molecule has 134 valence electrons. The van der Waals surface area contributed by atoms with Crippen LogP contribution in [0.2, 0.25) is 0 Å². The monoisotopic (exact) mass is 351 g/mol. The number of anilines is 1. The summed E-state index contributed by atoms with van der Waals surface area (Å²) in [4.78, 5) is 19.1. The van der Waals surface area contributed by atoms with Gasteiger partial charge in [-0.3, -0.25) is 14.8 Å². The first-order valence-electron chi connectivity index (χ1n) is 8.72. The number of ether oxygens (including phenoxy) is 1. The molecule has 7 nitrogen and oxygen atoms in total. The minimum Gasteiger partial charge on any atom is -0.379 e. The number of carbonyl (C=O) groups excluding carboxylic acids is 1. The zero-order valence-electron chi connectivity index (χ0n) is 14.6. The number of hydrogen-bond acceptors (Lipinski definition) is 5. The van der Waals surface area contributed by atoms with Crippen molar-refractivity contribution < 1.29 is 9.53 Å². The Labute approximate surface area is 151 Å². The van der Waals surface area contributed by atoms with Gasteiger partial charge in [0.2, 0.25) is 5.91 Å². The Morgan fingerprint density at radius 1 is 1.19 bits per heavy atom. The van der Waals surface area contributed by atoms with Crippen LogP contribution in [0.15, 0.2) is 42.9 Å². The maximum atomic E-state index is 12.6. The van der Waals surface area contributed by atoms with Gasteiger partial charge >= 0.3 is 0 Å². The summed E-state index contributed by atoms with van der Waals surface area (Å²) in [5.41, 5.74) is 2.09. The molecule has 2 aromatic heterocycles. The van der Waals surface area contributed by atoms with Crippen molar-refractivity contribution >= 4 is 22.5 Å². The van der Waals surface area contributed by atoms with E-state index in [9.17, 15) is 4.79 Å². The van der Waals surface area contributed by atoms with Crippen molar-refractivity contribution in [3.8, 4) is 11.1 Å². The number of benzene rings is 1. The van der Waals surface area contributed by atoms with Gasteiger partial charge in [-0.05, 0) is 30.0 Å². The van der Waals surface area contributed by atoms with E-state index in [1.807, 2.05) is 31.3 Å². The number of aromatic amines is 1. The summed E-state index contributed by atoms with van der Waals surface area (Å²) in [5.74, 6) is 0.511. The Balaban J connectivity index is 1.53. The van der Waals surface area contributed by atoms with Crippen LogP contribution in [0, 0.1) is 0 Å². The number of rotatable bonds is 4. The van der Waals surface area contributed by atoms with Crippen LogP contribution < -0.4 is 5.32 Å². The number of hydrogen-bond donors (Lipinski definition) is 2. The molecule has 1 atom stereocenters. The molecule has 3 aromatic rings. The molecule has 4 rings (SSSR count). The first kappa shape index (κ1) is 16.7. The first-order valence-corrected chi connectivity index (χ1v) is 8.72. The molecule has 0 radical (unpaired) electrons. The molecule has 1 aliphatic rings. The zero-order chi connectivity index (χ0) is 17.9. The maximum Gasteiger partial charge on any atom is 0.242 e. The van der Waals surface area contributed by atoms with Gasteiger partial charge in [0.25, 0.3) is 0 Å². The van der Waals surface area contributed by atoms with E-state index in [1.165, 1.54) is 0 Å². The van der Waals surface area contributed by atoms with Crippen LogP contribution in [0.25, 0.3) is 21.9 Å². The summed E-state index contributed by atoms with van der Waals surface area (Å²) >= 11 is 0. The third kappa shape index (κ3) is 3.44. The standard InChI is InChI=1S/C19H21N5O2/c1-13(24-4-6-26-7-5-24)19(25)23-18-9-16-8-14(17-11-21-22-12-17)2-3-15(16)10-20-18/h2-3,8-13H,4-7H2,1H3,(H,21,22)(H,20,23,25). The van der Waals surface area contributed by atoms with Gasteiger partial charge in [0, 0.05) is 36.4 Å². The van der Waals surface area contributed by atoms with Crippen molar-refractivity contribution in [3.05, 3.63) is 42.9 Å². The first-order chi connectivity index (χ1) is 12.7. The van der Waals surface area contributed by atoms with Crippen molar-refractivity contribution in [1.29, 1.82) is 0 Å². The molecule has 2 N–H and O–H groups in total. The van der Waals surface area contributed by atoms with Gasteiger partial charge in [0.1, 0.15) is 5.82 Å². The lowest BCUT2D eigenvalue weighted by Crippen LogP contribution is -2.47. The highest BCUT2D eigenvalue weighted by Crippen LogP contribution is 2.24. The largest absolute Gasteiger partial charge is 0.379 e. The fraction of sp³-hybridized carbons (Fsp3) is 0.316. The second-order valence-electron chi connectivity index (χ2n) is 6.43. The Bertz CT molecular complexity index is 903. The summed E-state index contributed by atoms with van der Waals surface area (Å²) in [5, 5.41) is 11.8. The van der Waals surface area contributed by atoms with Gasteiger partial charge in [-0.25, -0.2) is 4.98 Å². The fourth-order valence-corrected chi connectivity index (χ4v) is 3.16. The van der Waals surface area contributed by atoms with E-state index in [0.29, 0.717) is 19.0 Å². The molecule has 26 heavy (non-hydrogen) atoms. The van der Waals surface area contributed by atoms with Crippen LogP contribution in [0.3, 0.4) is 0 Å². The number of nitrogens with zero attached hydrogens (tertiary/aromatic N) is 3. The predicted molar refractivity (Wildman–Crippen MR) is 99.8 cm³/mol. The predicted octanol–water partition coefficient (Wildman–Crippen LogP) is 2.28. The molecule has 0 saturated carbocycles. The number of morpholine rings is 1. The number of aromatic nitrogens is 3. The summed E-state index contributed by atoms with van der Waals surface area (Å²) in [6.07, 6.45) is 5.42. The van der Waals surface area contributed by atoms with E-state index in [0.717, 1.165) is 35.0 Å². The highest BCUT2D eigenvalue weighted by molar-refractivity contribution is 5.96. The third-order valence-corrected chi connectivity index (χ3v) is 4.78. The van der Waals surface area contributed by atoms with Gasteiger partial charge in [-0.2, -0.15) is 5.10 Å². The van der Waals surface area contributed by atoms with Crippen molar-refractivity contribution in [2.45, 2.75) is 13.0 Å². The molecule has 7 heteroatoms. The number of H-pyrrole nitrogens is 1. The average molecular weight is 351 g/mol. The molecule has 1 aromatic carbocycles. The molecular formula is C19H21N5O2. The number of carbonyl (C=O) groups is 1. The Morgan fingerprint density at radius 2 is 2.04 bits per heavy atom. The highest BCUT2D eigenvalue weighted by Gasteiger charge is 2.23. The second kappa shape index (κ2) is 7.23. The Kier molecular flexibility index (Phi) is 4.64. The molecule has 0 aliphatic carbocycles. The highest BCUT2D eigenvalue weighted by atomic mass is 16.5. The normalized spacial score (nSPS) is 16.5. The van der Waals surface area contributed by atoms with Crippen molar-refractivity contribution in [3.63, 3.8) is 0 Å². The van der Waals surface area contributed by atoms with Crippen LogP contribution >= 0.6 is 0 Å². The number of nitrogens with one attached hydrogen (secondary N) is 2. The van der Waals surface area contributed by atoms with Gasteiger partial charge in [-0.1, -0.05) is 12.1 Å². The average Bonchev–Trinajstić information content (AvgIpc) is 3.22. The molecule has 1 saturated heterocycles. The van der Waals surface area contributed by atoms with Gasteiger partial charge in [0.15, 0.2) is 0 Å². The van der Waals surface area contributed by atoms with Crippen molar-refractivity contribution in [2.24, 2.45) is 0 Å². The van der Waals surface area contributed by atoms with Gasteiger partial charge in [-0.15, -0.1) is 0 Å². The quantitative estimate of drug-likeness (QED) is 0.753. The van der Waals surface area contributed by atoms with Crippen LogP contribution in [0.4, 0.5) is 5.82 Å². The molecule has 1 fully saturated rings. The van der Waals surface area contributed by atoms with Crippen LogP contribution in [0.1, 0.15) is 6.92 Å². The lowest BCUT2D eigenvalue weighted by atomic mass is 10.1. The van der Waals surface area contributed by atoms with E-state index in [2.05, 4.69) is 31.5 Å². The molecule has 3 heterocycles. The van der Waals surface area contributed by atoms with E-state index in [4.69, 9.17) is 4.74 Å². The summed E-state index contributed by atoms with van der Waals surface area (Å²) < 4.78 is 5.35. The Hall–Kier alpha value is -2.77. The van der Waals surface area contributed by atoms with E-state index in [-0.39, 0.29) is 11.9 Å². The molecule has 1 unspecified atom stereocenters. The molecule has 0 bridgehead atoms. The minimum absolute atomic E-state index is 0.0512. The van der Waals surface area contributed by atoms with Crippen molar-refractivity contribution in [2.75, 3.05) is 31.6 Å². The van der Waals surface area contributed by atoms with E-state index < -0.39 is 0 Å². The lowest BCUT2D eigenvalue weighted by Gasteiger charge is -2.31. The topological polar surface area (TPSA) is 83.1 Å². The summed E-state index contributed by atoms with van der Waals surface area (Å²) in [6.45, 7) is 4.80. The van der Waals surface area contributed by atoms with E-state index >= 15 is 0 Å². The van der Waals surface area contributed by atoms with Crippen LogP contribution in [0.5, 0.6) is 0 Å². The molecular weight excluding hydrogens is 330 g/mol. The Morgan fingerprint density at radius 3 is 2.81 bits per heavy atom. The van der Waals surface area contributed by atoms with Crippen LogP contribution in [-0.4, -0.2) is 58.3 Å².